The molecule has 0 aliphatic rings. The fourth-order valence-corrected chi connectivity index (χ4v) is 1.67. The number of carboxylic acid groups (broad SMARTS) is 1. The van der Waals surface area contributed by atoms with E-state index < -0.39 is 23.9 Å². The van der Waals surface area contributed by atoms with Gasteiger partial charge in [0.15, 0.2) is 0 Å². The monoisotopic (exact) mass is 297 g/mol. The molecular weight excluding hydrogens is 278 g/mol. The van der Waals surface area contributed by atoms with Crippen molar-refractivity contribution < 1.29 is 19.5 Å². The lowest BCUT2D eigenvalue weighted by atomic mass is 10.1. The van der Waals surface area contributed by atoms with Crippen LogP contribution >= 0.6 is 0 Å². The van der Waals surface area contributed by atoms with Crippen LogP contribution in [-0.4, -0.2) is 45.4 Å². The van der Waals surface area contributed by atoms with E-state index in [1.54, 1.807) is 17.9 Å². The molecule has 0 aliphatic heterocycles. The Morgan fingerprint density at radius 2 is 2.19 bits per heavy atom. The first-order chi connectivity index (χ1) is 9.88. The normalized spacial score (nSPS) is 11.7. The van der Waals surface area contributed by atoms with Crippen molar-refractivity contribution in [3.05, 3.63) is 18.0 Å². The zero-order valence-corrected chi connectivity index (χ0v) is 11.7. The summed E-state index contributed by atoms with van der Waals surface area (Å²) in [7, 11) is 1.79. The van der Waals surface area contributed by atoms with Crippen LogP contribution in [0.4, 0.5) is 4.79 Å². The van der Waals surface area contributed by atoms with Crippen LogP contribution in [0, 0.1) is 0 Å². The third kappa shape index (κ3) is 6.41. The van der Waals surface area contributed by atoms with Crippen molar-refractivity contribution in [2.24, 2.45) is 12.8 Å². The van der Waals surface area contributed by atoms with Crippen LogP contribution in [0.5, 0.6) is 0 Å². The first-order valence-corrected chi connectivity index (χ1v) is 6.41. The van der Waals surface area contributed by atoms with E-state index in [0.717, 1.165) is 5.56 Å². The quantitative estimate of drug-likeness (QED) is 0.486. The Morgan fingerprint density at radius 3 is 2.71 bits per heavy atom. The topological polar surface area (TPSA) is 139 Å². The molecule has 0 aliphatic carbocycles. The summed E-state index contributed by atoms with van der Waals surface area (Å²) in [5.74, 6) is -1.82. The summed E-state index contributed by atoms with van der Waals surface area (Å²) in [5.41, 5.74) is 5.91. The highest BCUT2D eigenvalue weighted by molar-refractivity contribution is 5.83. The summed E-state index contributed by atoms with van der Waals surface area (Å²) in [6, 6.07) is -1.74. The molecular formula is C12H19N5O4. The summed E-state index contributed by atoms with van der Waals surface area (Å²) in [6.07, 6.45) is 3.95. The van der Waals surface area contributed by atoms with Gasteiger partial charge in [0.05, 0.1) is 6.20 Å². The molecule has 1 atom stereocenters. The summed E-state index contributed by atoms with van der Waals surface area (Å²) in [5, 5.41) is 17.8. The highest BCUT2D eigenvalue weighted by atomic mass is 16.4. The molecule has 0 unspecified atom stereocenters. The lowest BCUT2D eigenvalue weighted by Gasteiger charge is -2.14. The number of carbonyl (C=O) groups is 3. The standard InChI is InChI=1S/C12H19N5O4/c1-17-7-8(6-15-17)4-5-14-12(21)16-9(11(19)20)2-3-10(13)18/h6-7,9H,2-5H2,1H3,(H2,13,18)(H,19,20)(H2,14,16,21)/t9-/m1/s1. The second kappa shape index (κ2) is 7.88. The molecule has 0 aromatic carbocycles. The molecule has 1 aromatic heterocycles. The fourth-order valence-electron chi connectivity index (χ4n) is 1.67. The Hall–Kier alpha value is -2.58. The highest BCUT2D eigenvalue weighted by Crippen LogP contribution is 1.98. The number of carboxylic acids is 1. The molecule has 3 amide bonds. The first-order valence-electron chi connectivity index (χ1n) is 6.41. The zero-order chi connectivity index (χ0) is 15.8. The molecule has 116 valence electrons. The summed E-state index contributed by atoms with van der Waals surface area (Å²) < 4.78 is 1.65. The predicted molar refractivity (Wildman–Crippen MR) is 73.3 cm³/mol. The molecule has 0 saturated heterocycles. The zero-order valence-electron chi connectivity index (χ0n) is 11.7. The maximum Gasteiger partial charge on any atom is 0.326 e. The maximum absolute atomic E-state index is 11.6. The molecule has 0 fully saturated rings. The van der Waals surface area contributed by atoms with Crippen LogP contribution in [-0.2, 0) is 23.1 Å². The average molecular weight is 297 g/mol. The minimum absolute atomic E-state index is 0.0410. The Kier molecular flexibility index (Phi) is 6.18. The molecule has 1 rings (SSSR count). The van der Waals surface area contributed by atoms with Crippen LogP contribution in [0.25, 0.3) is 0 Å². The Morgan fingerprint density at radius 1 is 1.48 bits per heavy atom. The second-order valence-electron chi connectivity index (χ2n) is 4.57. The minimum atomic E-state index is -1.21. The molecule has 5 N–H and O–H groups in total. The lowest BCUT2D eigenvalue weighted by Crippen LogP contribution is -2.46. The Bertz CT molecular complexity index is 514. The maximum atomic E-state index is 11.6. The average Bonchev–Trinajstić information content (AvgIpc) is 2.79. The van der Waals surface area contributed by atoms with Crippen molar-refractivity contribution in [3.8, 4) is 0 Å². The van der Waals surface area contributed by atoms with E-state index in [4.69, 9.17) is 10.8 Å². The van der Waals surface area contributed by atoms with Gasteiger partial charge in [0.1, 0.15) is 6.04 Å². The van der Waals surface area contributed by atoms with E-state index in [-0.39, 0.29) is 12.8 Å². The number of rotatable bonds is 8. The van der Waals surface area contributed by atoms with Gasteiger partial charge >= 0.3 is 12.0 Å². The number of nitrogens with two attached hydrogens (primary N) is 1. The Labute approximate surface area is 121 Å². The number of urea groups is 1. The largest absolute Gasteiger partial charge is 0.480 e. The van der Waals surface area contributed by atoms with Crippen molar-refractivity contribution >= 4 is 17.9 Å². The molecule has 1 heterocycles. The second-order valence-corrected chi connectivity index (χ2v) is 4.57. The van der Waals surface area contributed by atoms with E-state index in [0.29, 0.717) is 13.0 Å². The molecule has 0 radical (unpaired) electrons. The molecule has 9 nitrogen and oxygen atoms in total. The number of carbonyl (C=O) groups excluding carboxylic acids is 2. The van der Waals surface area contributed by atoms with Crippen LogP contribution in [0.2, 0.25) is 0 Å². The lowest BCUT2D eigenvalue weighted by molar-refractivity contribution is -0.139. The van der Waals surface area contributed by atoms with Crippen LogP contribution in [0.3, 0.4) is 0 Å². The SMILES string of the molecule is Cn1cc(CCNC(=O)N[C@H](CCC(N)=O)C(=O)O)cn1. The van der Waals surface area contributed by atoms with Gasteiger partial charge in [0.25, 0.3) is 0 Å². The highest BCUT2D eigenvalue weighted by Gasteiger charge is 2.20. The number of aromatic nitrogens is 2. The number of hydrogen-bond donors (Lipinski definition) is 4. The van der Waals surface area contributed by atoms with Crippen molar-refractivity contribution in [2.45, 2.75) is 25.3 Å². The number of nitrogens with one attached hydrogen (secondary N) is 2. The van der Waals surface area contributed by atoms with Gasteiger partial charge in [-0.2, -0.15) is 5.10 Å². The van der Waals surface area contributed by atoms with Crippen molar-refractivity contribution in [1.29, 1.82) is 0 Å². The van der Waals surface area contributed by atoms with E-state index in [9.17, 15) is 14.4 Å². The first kappa shape index (κ1) is 16.5. The van der Waals surface area contributed by atoms with E-state index in [1.807, 2.05) is 6.20 Å². The molecule has 9 heteroatoms. The number of nitrogens with zero attached hydrogens (tertiary/aromatic N) is 2. The third-order valence-electron chi connectivity index (χ3n) is 2.74. The van der Waals surface area contributed by atoms with Crippen molar-refractivity contribution in [1.82, 2.24) is 20.4 Å². The summed E-state index contributed by atoms with van der Waals surface area (Å²) in [4.78, 5) is 33.2. The number of aryl methyl sites for hydroxylation is 1. The molecule has 0 saturated carbocycles. The van der Waals surface area contributed by atoms with Crippen LogP contribution in [0.1, 0.15) is 18.4 Å². The predicted octanol–water partition coefficient (Wildman–Crippen LogP) is -1.02. The molecule has 21 heavy (non-hydrogen) atoms. The smallest absolute Gasteiger partial charge is 0.326 e. The van der Waals surface area contributed by atoms with Gasteiger partial charge in [-0.15, -0.1) is 0 Å². The van der Waals surface area contributed by atoms with Gasteiger partial charge in [-0.05, 0) is 18.4 Å². The summed E-state index contributed by atoms with van der Waals surface area (Å²) >= 11 is 0. The van der Waals surface area contributed by atoms with Gasteiger partial charge in [-0.25, -0.2) is 9.59 Å². The van der Waals surface area contributed by atoms with Crippen molar-refractivity contribution in [2.75, 3.05) is 6.54 Å². The van der Waals surface area contributed by atoms with Gasteiger partial charge in [0, 0.05) is 26.2 Å². The number of primary amides is 1. The van der Waals surface area contributed by atoms with Gasteiger partial charge in [-0.1, -0.05) is 0 Å². The Balaban J connectivity index is 2.32. The van der Waals surface area contributed by atoms with Gasteiger partial charge in [-0.3, -0.25) is 9.48 Å². The van der Waals surface area contributed by atoms with Gasteiger partial charge < -0.3 is 21.5 Å². The number of aliphatic carboxylic acids is 1. The minimum Gasteiger partial charge on any atom is -0.480 e. The number of amides is 3. The van der Waals surface area contributed by atoms with Crippen LogP contribution in [0.15, 0.2) is 12.4 Å². The fraction of sp³-hybridized carbons (Fsp3) is 0.500. The number of hydrogen-bond acceptors (Lipinski definition) is 4. The van der Waals surface area contributed by atoms with Crippen LogP contribution < -0.4 is 16.4 Å². The van der Waals surface area contributed by atoms with E-state index in [2.05, 4.69) is 15.7 Å². The summed E-state index contributed by atoms with van der Waals surface area (Å²) in [6.45, 7) is 0.347. The molecule has 0 spiro atoms. The van der Waals surface area contributed by atoms with E-state index in [1.165, 1.54) is 0 Å². The van der Waals surface area contributed by atoms with E-state index >= 15 is 0 Å². The molecule has 1 aromatic rings. The van der Waals surface area contributed by atoms with Crippen molar-refractivity contribution in [3.63, 3.8) is 0 Å². The molecule has 0 bridgehead atoms. The third-order valence-corrected chi connectivity index (χ3v) is 2.74. The van der Waals surface area contributed by atoms with Gasteiger partial charge in [0.2, 0.25) is 5.91 Å².